The van der Waals surface area contributed by atoms with Gasteiger partial charge in [0.1, 0.15) is 0 Å². The Bertz CT molecular complexity index is 82.7. The third-order valence-electron chi connectivity index (χ3n) is 2.61. The molecule has 0 unspecified atom stereocenters. The van der Waals surface area contributed by atoms with Gasteiger partial charge in [-0.1, -0.05) is 0 Å². The average molecular weight is 162 g/mol. The molecule has 0 fully saturated rings. The summed E-state index contributed by atoms with van der Waals surface area (Å²) in [7, 11) is -0.760. The van der Waals surface area contributed by atoms with Crippen LogP contribution in [0.1, 0.15) is 27.7 Å². The topological polar surface area (TPSA) is 0 Å². The second-order valence-corrected chi connectivity index (χ2v) is 9.56. The quantitative estimate of drug-likeness (QED) is 0.557. The molecule has 0 spiro atoms. The van der Waals surface area contributed by atoms with Gasteiger partial charge in [-0.15, -0.1) is 0 Å². The van der Waals surface area contributed by atoms with Gasteiger partial charge in [-0.3, -0.25) is 0 Å². The minimum atomic E-state index is -0.760. The summed E-state index contributed by atoms with van der Waals surface area (Å²) in [5.74, 6) is 0.913. The van der Waals surface area contributed by atoms with Gasteiger partial charge in [-0.05, 0) is 0 Å². The minimum absolute atomic E-state index is 0.760. The van der Waals surface area contributed by atoms with Gasteiger partial charge in [0.05, 0.1) is 0 Å². The van der Waals surface area contributed by atoms with E-state index in [1.165, 1.54) is 18.5 Å². The van der Waals surface area contributed by atoms with E-state index in [1.54, 1.807) is 0 Å². The van der Waals surface area contributed by atoms with E-state index >= 15 is 0 Å². The van der Waals surface area contributed by atoms with Crippen LogP contribution in [0.5, 0.6) is 0 Å². The summed E-state index contributed by atoms with van der Waals surface area (Å²) in [5.41, 5.74) is 0. The SMILES string of the molecule is CC[PH](C)(CC)CC(C)C. The summed E-state index contributed by atoms with van der Waals surface area (Å²) >= 11 is 0. The van der Waals surface area contributed by atoms with Gasteiger partial charge in [0, 0.05) is 0 Å². The van der Waals surface area contributed by atoms with Gasteiger partial charge in [0.2, 0.25) is 0 Å². The molecule has 0 radical (unpaired) electrons. The molecule has 0 aliphatic carbocycles. The summed E-state index contributed by atoms with van der Waals surface area (Å²) in [6.07, 6.45) is 4.43. The molecule has 0 atom stereocenters. The summed E-state index contributed by atoms with van der Waals surface area (Å²) < 4.78 is 0. The maximum absolute atomic E-state index is 2.53. The molecule has 0 bridgehead atoms. The molecule has 0 saturated heterocycles. The van der Waals surface area contributed by atoms with Crippen molar-refractivity contribution in [1.29, 1.82) is 0 Å². The maximum atomic E-state index is 2.53. The molecule has 0 rings (SSSR count). The second kappa shape index (κ2) is 4.34. The molecule has 1 heteroatoms. The fourth-order valence-electron chi connectivity index (χ4n) is 1.52. The Labute approximate surface area is 66.7 Å². The summed E-state index contributed by atoms with van der Waals surface area (Å²) in [6, 6.07) is 0. The molecule has 0 aromatic carbocycles. The van der Waals surface area contributed by atoms with Crippen LogP contribution in [0.4, 0.5) is 0 Å². The first-order valence-corrected chi connectivity index (χ1v) is 7.66. The first kappa shape index (κ1) is 10.4. The van der Waals surface area contributed by atoms with Crippen LogP contribution in [0.3, 0.4) is 0 Å². The molecular formula is C9H23P. The van der Waals surface area contributed by atoms with E-state index in [2.05, 4.69) is 34.4 Å². The van der Waals surface area contributed by atoms with Crippen LogP contribution in [0.25, 0.3) is 0 Å². The van der Waals surface area contributed by atoms with Gasteiger partial charge in [-0.2, -0.15) is 0 Å². The predicted molar refractivity (Wildman–Crippen MR) is 55.0 cm³/mol. The Kier molecular flexibility index (Phi) is 4.52. The van der Waals surface area contributed by atoms with E-state index in [-0.39, 0.29) is 0 Å². The van der Waals surface area contributed by atoms with E-state index in [9.17, 15) is 0 Å². The van der Waals surface area contributed by atoms with Crippen molar-refractivity contribution >= 4 is 7.26 Å². The van der Waals surface area contributed by atoms with Crippen LogP contribution in [0.15, 0.2) is 0 Å². The van der Waals surface area contributed by atoms with Crippen LogP contribution in [0.2, 0.25) is 0 Å². The van der Waals surface area contributed by atoms with Crippen LogP contribution in [-0.4, -0.2) is 25.2 Å². The van der Waals surface area contributed by atoms with Crippen molar-refractivity contribution < 1.29 is 0 Å². The summed E-state index contributed by atoms with van der Waals surface area (Å²) in [4.78, 5) is 0. The second-order valence-electron chi connectivity index (χ2n) is 4.12. The molecule has 0 aliphatic heterocycles. The molecule has 10 heavy (non-hydrogen) atoms. The molecule has 64 valence electrons. The molecular weight excluding hydrogens is 139 g/mol. The molecule has 0 aromatic rings. The standard InChI is InChI=1S/C9H23P/c1-6-10(5,7-2)8-9(3)4/h9-10H,6-8H2,1-5H3. The summed E-state index contributed by atoms with van der Waals surface area (Å²) in [6.45, 7) is 11.9. The zero-order valence-corrected chi connectivity index (χ0v) is 9.20. The molecule has 0 nitrogen and oxygen atoms in total. The number of hydrogen-bond acceptors (Lipinski definition) is 0. The van der Waals surface area contributed by atoms with E-state index in [4.69, 9.17) is 0 Å². The van der Waals surface area contributed by atoms with Crippen molar-refractivity contribution in [2.45, 2.75) is 27.7 Å². The molecule has 0 saturated carbocycles. The predicted octanol–water partition coefficient (Wildman–Crippen LogP) is 3.06. The molecule has 0 aromatic heterocycles. The monoisotopic (exact) mass is 162 g/mol. The van der Waals surface area contributed by atoms with Crippen molar-refractivity contribution in [2.75, 3.05) is 25.2 Å². The van der Waals surface area contributed by atoms with Crippen LogP contribution in [0, 0.1) is 5.92 Å². The number of rotatable bonds is 4. The van der Waals surface area contributed by atoms with Gasteiger partial charge >= 0.3 is 66.0 Å². The zero-order valence-electron chi connectivity index (χ0n) is 8.20. The van der Waals surface area contributed by atoms with Crippen molar-refractivity contribution in [1.82, 2.24) is 0 Å². The van der Waals surface area contributed by atoms with E-state index < -0.39 is 7.26 Å². The Morgan fingerprint density at radius 3 is 1.60 bits per heavy atom. The van der Waals surface area contributed by atoms with Crippen molar-refractivity contribution in [3.63, 3.8) is 0 Å². The van der Waals surface area contributed by atoms with Gasteiger partial charge < -0.3 is 0 Å². The van der Waals surface area contributed by atoms with Gasteiger partial charge in [-0.25, -0.2) is 0 Å². The third-order valence-corrected chi connectivity index (χ3v) is 7.82. The van der Waals surface area contributed by atoms with Gasteiger partial charge in [0.15, 0.2) is 0 Å². The fourth-order valence-corrected chi connectivity index (χ4v) is 4.57. The molecule has 0 N–H and O–H groups in total. The van der Waals surface area contributed by atoms with Crippen molar-refractivity contribution in [2.24, 2.45) is 5.92 Å². The summed E-state index contributed by atoms with van der Waals surface area (Å²) in [5, 5.41) is 0. The Balaban J connectivity index is 3.80. The normalized spacial score (nSPS) is 14.2. The first-order chi connectivity index (χ1) is 4.54. The van der Waals surface area contributed by atoms with Gasteiger partial charge in [0.25, 0.3) is 0 Å². The van der Waals surface area contributed by atoms with Crippen LogP contribution in [-0.2, 0) is 0 Å². The van der Waals surface area contributed by atoms with Crippen molar-refractivity contribution in [3.05, 3.63) is 0 Å². The number of hydrogen-bond donors (Lipinski definition) is 0. The zero-order chi connectivity index (χ0) is 8.20. The van der Waals surface area contributed by atoms with E-state index in [0.29, 0.717) is 0 Å². The van der Waals surface area contributed by atoms with Crippen molar-refractivity contribution in [3.8, 4) is 0 Å². The molecule has 0 aliphatic rings. The van der Waals surface area contributed by atoms with E-state index in [0.717, 1.165) is 5.92 Å². The Morgan fingerprint density at radius 1 is 1.10 bits per heavy atom. The molecule has 0 heterocycles. The third kappa shape index (κ3) is 3.56. The first-order valence-electron chi connectivity index (χ1n) is 4.54. The fraction of sp³-hybridized carbons (Fsp3) is 1.00. The van der Waals surface area contributed by atoms with E-state index in [1.807, 2.05) is 0 Å². The molecule has 0 amide bonds. The Morgan fingerprint density at radius 2 is 1.50 bits per heavy atom. The van der Waals surface area contributed by atoms with Crippen LogP contribution >= 0.6 is 7.26 Å². The average Bonchev–Trinajstić information content (AvgIpc) is 1.87. The Hall–Kier alpha value is 0.430. The van der Waals surface area contributed by atoms with Crippen LogP contribution < -0.4 is 0 Å².